The van der Waals surface area contributed by atoms with Gasteiger partial charge in [-0.15, -0.1) is 13.2 Å². The quantitative estimate of drug-likeness (QED) is 0.643. The van der Waals surface area contributed by atoms with E-state index in [0.717, 1.165) is 37.1 Å². The van der Waals surface area contributed by atoms with Crippen molar-refractivity contribution < 1.29 is 17.9 Å². The summed E-state index contributed by atoms with van der Waals surface area (Å²) in [7, 11) is 1.86. The lowest BCUT2D eigenvalue weighted by Crippen LogP contribution is -2.24. The zero-order valence-corrected chi connectivity index (χ0v) is 14.3. The second-order valence-corrected chi connectivity index (χ2v) is 6.07. The zero-order valence-electron chi connectivity index (χ0n) is 14.3. The van der Waals surface area contributed by atoms with Gasteiger partial charge in [-0.3, -0.25) is 4.68 Å². The number of guanidine groups is 1. The van der Waals surface area contributed by atoms with Gasteiger partial charge in [-0.1, -0.05) is 12.1 Å². The number of nitrogens with two attached hydrogens (primary N) is 1. The van der Waals surface area contributed by atoms with Gasteiger partial charge in [0.2, 0.25) is 0 Å². The number of hydrogen-bond acceptors (Lipinski definition) is 3. The smallest absolute Gasteiger partial charge is 0.404 e. The van der Waals surface area contributed by atoms with Gasteiger partial charge in [0, 0.05) is 7.05 Å². The number of rotatable bonds is 4. The van der Waals surface area contributed by atoms with Gasteiger partial charge in [-0.25, -0.2) is 4.99 Å². The Bertz CT molecular complexity index is 813. The molecule has 6 nitrogen and oxygen atoms in total. The van der Waals surface area contributed by atoms with Crippen molar-refractivity contribution in [3.63, 3.8) is 0 Å². The van der Waals surface area contributed by atoms with Crippen molar-refractivity contribution in [3.8, 4) is 5.75 Å². The third kappa shape index (κ3) is 4.27. The maximum Gasteiger partial charge on any atom is 0.573 e. The van der Waals surface area contributed by atoms with Crippen LogP contribution in [0, 0.1) is 0 Å². The molecule has 1 aromatic carbocycles. The third-order valence-electron chi connectivity index (χ3n) is 4.22. The third-order valence-corrected chi connectivity index (χ3v) is 4.22. The summed E-state index contributed by atoms with van der Waals surface area (Å²) in [5.74, 6) is -0.356. The fraction of sp³-hybridized carbons (Fsp3) is 0.412. The van der Waals surface area contributed by atoms with Crippen LogP contribution >= 0.6 is 0 Å². The number of alkyl halides is 3. The minimum atomic E-state index is -4.78. The van der Waals surface area contributed by atoms with Gasteiger partial charge in [-0.2, -0.15) is 5.10 Å². The number of ether oxygens (including phenoxy) is 1. The van der Waals surface area contributed by atoms with E-state index in [0.29, 0.717) is 6.54 Å². The van der Waals surface area contributed by atoms with Gasteiger partial charge in [-0.05, 0) is 43.4 Å². The predicted molar refractivity (Wildman–Crippen MR) is 91.9 cm³/mol. The largest absolute Gasteiger partial charge is 0.573 e. The van der Waals surface area contributed by atoms with Crippen molar-refractivity contribution in [1.82, 2.24) is 9.78 Å². The summed E-state index contributed by atoms with van der Waals surface area (Å²) in [6.07, 6.45) is -0.610. The highest BCUT2D eigenvalue weighted by molar-refractivity contribution is 5.93. The van der Waals surface area contributed by atoms with E-state index in [1.165, 1.54) is 23.8 Å². The fourth-order valence-electron chi connectivity index (χ4n) is 3.07. The number of para-hydroxylation sites is 2. The number of aromatic nitrogens is 2. The average molecular weight is 367 g/mol. The van der Waals surface area contributed by atoms with E-state index >= 15 is 0 Å². The lowest BCUT2D eigenvalue weighted by atomic mass is 9.96. The molecule has 26 heavy (non-hydrogen) atoms. The lowest BCUT2D eigenvalue weighted by Gasteiger charge is -2.14. The van der Waals surface area contributed by atoms with Crippen LogP contribution in [0.3, 0.4) is 0 Å². The maximum absolute atomic E-state index is 12.5. The van der Waals surface area contributed by atoms with Crippen LogP contribution in [-0.4, -0.2) is 22.1 Å². The average Bonchev–Trinajstić information content (AvgIpc) is 2.89. The molecule has 0 radical (unpaired) electrons. The first-order valence-corrected chi connectivity index (χ1v) is 8.29. The first-order chi connectivity index (χ1) is 12.3. The van der Waals surface area contributed by atoms with Crippen molar-refractivity contribution >= 4 is 11.6 Å². The summed E-state index contributed by atoms with van der Waals surface area (Å²) >= 11 is 0. The molecule has 0 atom stereocenters. The van der Waals surface area contributed by atoms with E-state index in [2.05, 4.69) is 20.1 Å². The summed E-state index contributed by atoms with van der Waals surface area (Å²) < 4.78 is 43.2. The minimum Gasteiger partial charge on any atom is -0.404 e. The Morgan fingerprint density at radius 1 is 1.31 bits per heavy atom. The summed E-state index contributed by atoms with van der Waals surface area (Å²) in [5.41, 5.74) is 9.23. The topological polar surface area (TPSA) is 77.5 Å². The molecule has 0 fully saturated rings. The Labute approximate surface area is 148 Å². The highest BCUT2D eigenvalue weighted by atomic mass is 19.4. The monoisotopic (exact) mass is 367 g/mol. The SMILES string of the molecule is Cn1nc2c(c1CN=C(N)Nc1ccccc1OC(F)(F)F)CCCC2. The van der Waals surface area contributed by atoms with E-state index in [1.54, 1.807) is 10.7 Å². The summed E-state index contributed by atoms with van der Waals surface area (Å²) in [6.45, 7) is 0.306. The van der Waals surface area contributed by atoms with Crippen molar-refractivity contribution in [2.45, 2.75) is 38.6 Å². The van der Waals surface area contributed by atoms with E-state index in [-0.39, 0.29) is 17.4 Å². The molecule has 9 heteroatoms. The van der Waals surface area contributed by atoms with Gasteiger partial charge in [0.25, 0.3) is 0 Å². The lowest BCUT2D eigenvalue weighted by molar-refractivity contribution is -0.274. The molecular weight excluding hydrogens is 347 g/mol. The molecule has 0 aliphatic heterocycles. The molecule has 1 heterocycles. The van der Waals surface area contributed by atoms with Gasteiger partial charge in [0.15, 0.2) is 11.7 Å². The van der Waals surface area contributed by atoms with Gasteiger partial charge >= 0.3 is 6.36 Å². The molecule has 0 bridgehead atoms. The van der Waals surface area contributed by atoms with Crippen LogP contribution in [0.15, 0.2) is 29.3 Å². The van der Waals surface area contributed by atoms with Crippen molar-refractivity contribution in [1.29, 1.82) is 0 Å². The number of nitrogens with zero attached hydrogens (tertiary/aromatic N) is 3. The van der Waals surface area contributed by atoms with Crippen molar-refractivity contribution in [2.75, 3.05) is 5.32 Å². The molecule has 1 aliphatic rings. The van der Waals surface area contributed by atoms with Crippen molar-refractivity contribution in [3.05, 3.63) is 41.2 Å². The second-order valence-electron chi connectivity index (χ2n) is 6.07. The summed E-state index contributed by atoms with van der Waals surface area (Å²) in [4.78, 5) is 4.25. The van der Waals surface area contributed by atoms with E-state index in [4.69, 9.17) is 5.73 Å². The van der Waals surface area contributed by atoms with Crippen LogP contribution in [0.4, 0.5) is 18.9 Å². The summed E-state index contributed by atoms with van der Waals surface area (Å²) in [5, 5.41) is 7.18. The van der Waals surface area contributed by atoms with E-state index < -0.39 is 6.36 Å². The highest BCUT2D eigenvalue weighted by Crippen LogP contribution is 2.30. The molecule has 3 rings (SSSR count). The second kappa shape index (κ2) is 7.27. The van der Waals surface area contributed by atoms with Crippen LogP contribution in [0.2, 0.25) is 0 Å². The van der Waals surface area contributed by atoms with E-state index in [9.17, 15) is 13.2 Å². The first kappa shape index (κ1) is 18.1. The molecule has 1 aliphatic carbocycles. The molecule has 3 N–H and O–H groups in total. The fourth-order valence-corrected chi connectivity index (χ4v) is 3.07. The number of aryl methyl sites for hydroxylation is 2. The standard InChI is InChI=1S/C17H20F3N5O/c1-25-14(11-6-2-3-7-12(11)24-25)10-22-16(21)23-13-8-4-5-9-15(13)26-17(18,19)20/h4-5,8-9H,2-3,6-7,10H2,1H3,(H3,21,22,23). The summed E-state index contributed by atoms with van der Waals surface area (Å²) in [6, 6.07) is 5.67. The van der Waals surface area contributed by atoms with Gasteiger partial charge in [0.05, 0.1) is 23.6 Å². The minimum absolute atomic E-state index is 0.00832. The molecule has 0 saturated carbocycles. The van der Waals surface area contributed by atoms with Gasteiger partial charge < -0.3 is 15.8 Å². The Kier molecular flexibility index (Phi) is 5.06. The number of benzene rings is 1. The van der Waals surface area contributed by atoms with Crippen LogP contribution in [0.25, 0.3) is 0 Å². The molecule has 0 saturated heterocycles. The normalized spacial score (nSPS) is 14.8. The Morgan fingerprint density at radius 2 is 2.04 bits per heavy atom. The molecule has 1 aromatic heterocycles. The first-order valence-electron chi connectivity index (χ1n) is 8.29. The number of halogens is 3. The Balaban J connectivity index is 1.73. The highest BCUT2D eigenvalue weighted by Gasteiger charge is 2.32. The molecule has 140 valence electrons. The molecule has 2 aromatic rings. The number of aliphatic imine (C=N–C) groups is 1. The van der Waals surface area contributed by atoms with Crippen LogP contribution in [0.5, 0.6) is 5.75 Å². The molecule has 0 unspecified atom stereocenters. The predicted octanol–water partition coefficient (Wildman–Crippen LogP) is 3.12. The molecular formula is C17H20F3N5O. The Hall–Kier alpha value is -2.71. The molecule has 0 spiro atoms. The van der Waals surface area contributed by atoms with Crippen LogP contribution < -0.4 is 15.8 Å². The van der Waals surface area contributed by atoms with Gasteiger partial charge in [0.1, 0.15) is 0 Å². The number of anilines is 1. The van der Waals surface area contributed by atoms with Crippen LogP contribution in [0.1, 0.15) is 29.8 Å². The van der Waals surface area contributed by atoms with Crippen LogP contribution in [-0.2, 0) is 26.4 Å². The maximum atomic E-state index is 12.5. The number of fused-ring (bicyclic) bond motifs is 1. The number of nitrogens with one attached hydrogen (secondary N) is 1. The number of hydrogen-bond donors (Lipinski definition) is 2. The Morgan fingerprint density at radius 3 is 2.81 bits per heavy atom. The van der Waals surface area contributed by atoms with Crippen molar-refractivity contribution in [2.24, 2.45) is 17.8 Å². The molecule has 0 amide bonds. The zero-order chi connectivity index (χ0) is 18.7. The van der Waals surface area contributed by atoms with E-state index in [1.807, 2.05) is 7.05 Å².